The van der Waals surface area contributed by atoms with E-state index in [9.17, 15) is 9.59 Å². The second-order valence-electron chi connectivity index (χ2n) is 5.93. The molecule has 4 heteroatoms. The first-order chi connectivity index (χ1) is 9.62. The third-order valence-electron chi connectivity index (χ3n) is 4.51. The van der Waals surface area contributed by atoms with Gasteiger partial charge in [-0.25, -0.2) is 4.79 Å². The Morgan fingerprint density at radius 1 is 1.20 bits per heavy atom. The summed E-state index contributed by atoms with van der Waals surface area (Å²) in [5.74, 6) is -0.102. The fourth-order valence-electron chi connectivity index (χ4n) is 3.45. The number of hydrogen-bond donors (Lipinski definition) is 1. The number of benzene rings is 1. The number of carbonyl (C=O) groups is 2. The Balaban J connectivity index is 1.89. The largest absolute Gasteiger partial charge is 0.325 e. The monoisotopic (exact) mass is 272 g/mol. The molecule has 0 atom stereocenters. The zero-order valence-corrected chi connectivity index (χ0v) is 11.8. The minimum absolute atomic E-state index is 0.102. The first-order valence-corrected chi connectivity index (χ1v) is 7.30. The highest BCUT2D eigenvalue weighted by Crippen LogP contribution is 2.38. The van der Waals surface area contributed by atoms with Crippen LogP contribution in [0.2, 0.25) is 0 Å². The van der Waals surface area contributed by atoms with Gasteiger partial charge < -0.3 is 4.90 Å². The Morgan fingerprint density at radius 2 is 1.95 bits per heavy atom. The van der Waals surface area contributed by atoms with E-state index in [-0.39, 0.29) is 11.9 Å². The number of nitrogens with one attached hydrogen (secondary N) is 1. The molecule has 1 heterocycles. The highest BCUT2D eigenvalue weighted by atomic mass is 16.2. The molecule has 0 unspecified atom stereocenters. The first-order valence-electron chi connectivity index (χ1n) is 7.30. The van der Waals surface area contributed by atoms with Crippen molar-refractivity contribution in [3.63, 3.8) is 0 Å². The van der Waals surface area contributed by atoms with Crippen LogP contribution in [0.1, 0.15) is 43.2 Å². The quantitative estimate of drug-likeness (QED) is 0.842. The summed E-state index contributed by atoms with van der Waals surface area (Å²) < 4.78 is 0. The van der Waals surface area contributed by atoms with Gasteiger partial charge in [-0.15, -0.1) is 0 Å². The second-order valence-corrected chi connectivity index (χ2v) is 5.93. The highest BCUT2D eigenvalue weighted by Gasteiger charge is 2.52. The molecule has 1 aliphatic heterocycles. The number of aryl methyl sites for hydroxylation is 1. The lowest BCUT2D eigenvalue weighted by Crippen LogP contribution is -2.50. The maximum atomic E-state index is 12.3. The van der Waals surface area contributed by atoms with Crippen LogP contribution in [0.5, 0.6) is 0 Å². The number of nitrogens with zero attached hydrogens (tertiary/aromatic N) is 1. The molecule has 1 spiro atoms. The molecule has 3 amide bonds. The minimum atomic E-state index is -0.598. The van der Waals surface area contributed by atoms with Gasteiger partial charge in [-0.1, -0.05) is 49.1 Å². The summed E-state index contributed by atoms with van der Waals surface area (Å²) >= 11 is 0. The van der Waals surface area contributed by atoms with Gasteiger partial charge in [-0.2, -0.15) is 0 Å². The Hall–Kier alpha value is -1.84. The Morgan fingerprint density at radius 3 is 2.65 bits per heavy atom. The van der Waals surface area contributed by atoms with Gasteiger partial charge in [-0.3, -0.25) is 10.1 Å². The first kappa shape index (κ1) is 13.2. The second kappa shape index (κ2) is 4.93. The average molecular weight is 272 g/mol. The number of imide groups is 1. The van der Waals surface area contributed by atoms with Gasteiger partial charge in [-0.05, 0) is 25.3 Å². The van der Waals surface area contributed by atoms with Crippen LogP contribution in [0.4, 0.5) is 4.79 Å². The van der Waals surface area contributed by atoms with E-state index in [1.807, 2.05) is 25.1 Å². The molecule has 2 fully saturated rings. The molecular formula is C16H20N2O2. The van der Waals surface area contributed by atoms with Crippen LogP contribution in [0.25, 0.3) is 0 Å². The van der Waals surface area contributed by atoms with E-state index >= 15 is 0 Å². The molecule has 1 aliphatic carbocycles. The normalized spacial score (nSPS) is 21.4. The zero-order valence-electron chi connectivity index (χ0n) is 11.8. The molecule has 0 radical (unpaired) electrons. The molecule has 1 aromatic carbocycles. The van der Waals surface area contributed by atoms with Crippen molar-refractivity contribution in [1.82, 2.24) is 10.2 Å². The smallest absolute Gasteiger partial charge is 0.305 e. The molecule has 4 nitrogen and oxygen atoms in total. The fourth-order valence-corrected chi connectivity index (χ4v) is 3.45. The molecule has 1 saturated heterocycles. The van der Waals surface area contributed by atoms with Crippen molar-refractivity contribution in [2.45, 2.75) is 51.1 Å². The fraction of sp³-hybridized carbons (Fsp3) is 0.500. The van der Waals surface area contributed by atoms with Crippen molar-refractivity contribution < 1.29 is 9.59 Å². The minimum Gasteiger partial charge on any atom is -0.305 e. The summed E-state index contributed by atoms with van der Waals surface area (Å²) in [6.07, 6.45) is 4.77. The molecule has 20 heavy (non-hydrogen) atoms. The molecule has 1 aromatic rings. The van der Waals surface area contributed by atoms with Crippen molar-refractivity contribution in [2.75, 3.05) is 0 Å². The van der Waals surface area contributed by atoms with Gasteiger partial charge >= 0.3 is 6.03 Å². The molecule has 3 rings (SSSR count). The van der Waals surface area contributed by atoms with E-state index in [2.05, 4.69) is 11.4 Å². The highest BCUT2D eigenvalue weighted by molar-refractivity contribution is 6.07. The van der Waals surface area contributed by atoms with E-state index in [0.29, 0.717) is 6.54 Å². The third kappa shape index (κ3) is 2.09. The van der Waals surface area contributed by atoms with Gasteiger partial charge in [0.15, 0.2) is 0 Å². The molecule has 0 bridgehead atoms. The Kier molecular flexibility index (Phi) is 3.24. The van der Waals surface area contributed by atoms with Gasteiger partial charge in [0.25, 0.3) is 5.91 Å². The number of hydrogen-bond acceptors (Lipinski definition) is 2. The summed E-state index contributed by atoms with van der Waals surface area (Å²) in [5, 5.41) is 2.51. The average Bonchev–Trinajstić information content (AvgIpc) is 2.65. The predicted molar refractivity (Wildman–Crippen MR) is 76.1 cm³/mol. The summed E-state index contributed by atoms with van der Waals surface area (Å²) in [6, 6.07) is 7.88. The van der Waals surface area contributed by atoms with E-state index in [1.165, 1.54) is 5.56 Å². The van der Waals surface area contributed by atoms with E-state index in [4.69, 9.17) is 0 Å². The van der Waals surface area contributed by atoms with E-state index in [1.54, 1.807) is 4.90 Å². The van der Waals surface area contributed by atoms with Crippen LogP contribution >= 0.6 is 0 Å². The molecule has 106 valence electrons. The SMILES string of the molecule is Cc1cccc(CN2C(=O)NC(=O)C23CCCCC3)c1. The standard InChI is InChI=1S/C16H20N2O2/c1-12-6-5-7-13(10-12)11-18-15(20)17-14(19)16(18)8-3-2-4-9-16/h5-7,10H,2-4,8-9,11H2,1H3,(H,17,19,20). The van der Waals surface area contributed by atoms with Crippen molar-refractivity contribution in [2.24, 2.45) is 0 Å². The van der Waals surface area contributed by atoms with Crippen LogP contribution in [0.15, 0.2) is 24.3 Å². The topological polar surface area (TPSA) is 49.4 Å². The molecule has 1 N–H and O–H groups in total. The van der Waals surface area contributed by atoms with Crippen molar-refractivity contribution in [3.05, 3.63) is 35.4 Å². The van der Waals surface area contributed by atoms with Crippen LogP contribution in [-0.2, 0) is 11.3 Å². The summed E-state index contributed by atoms with van der Waals surface area (Å²) in [5.41, 5.74) is 1.66. The van der Waals surface area contributed by atoms with Crippen LogP contribution in [0.3, 0.4) is 0 Å². The lowest BCUT2D eigenvalue weighted by Gasteiger charge is -2.38. The summed E-state index contributed by atoms with van der Waals surface area (Å²) in [6.45, 7) is 2.55. The van der Waals surface area contributed by atoms with Crippen LogP contribution < -0.4 is 5.32 Å². The number of carbonyl (C=O) groups excluding carboxylic acids is 2. The van der Waals surface area contributed by atoms with Crippen molar-refractivity contribution in [3.8, 4) is 0 Å². The van der Waals surface area contributed by atoms with Gasteiger partial charge in [0.1, 0.15) is 5.54 Å². The maximum Gasteiger partial charge on any atom is 0.325 e. The van der Waals surface area contributed by atoms with Crippen molar-refractivity contribution >= 4 is 11.9 Å². The molecule has 2 aliphatic rings. The Bertz CT molecular complexity index is 547. The van der Waals surface area contributed by atoms with Crippen LogP contribution in [0, 0.1) is 6.92 Å². The van der Waals surface area contributed by atoms with Crippen LogP contribution in [-0.4, -0.2) is 22.4 Å². The Labute approximate surface area is 119 Å². The van der Waals surface area contributed by atoms with Gasteiger partial charge in [0.2, 0.25) is 0 Å². The van der Waals surface area contributed by atoms with Gasteiger partial charge in [0, 0.05) is 6.54 Å². The third-order valence-corrected chi connectivity index (χ3v) is 4.51. The van der Waals surface area contributed by atoms with Crippen molar-refractivity contribution in [1.29, 1.82) is 0 Å². The molecule has 1 saturated carbocycles. The summed E-state index contributed by atoms with van der Waals surface area (Å²) in [4.78, 5) is 26.2. The molecule has 0 aromatic heterocycles. The lowest BCUT2D eigenvalue weighted by atomic mass is 9.80. The summed E-state index contributed by atoms with van der Waals surface area (Å²) in [7, 11) is 0. The van der Waals surface area contributed by atoms with Gasteiger partial charge in [0.05, 0.1) is 0 Å². The molecular weight excluding hydrogens is 252 g/mol. The predicted octanol–water partition coefficient (Wildman–Crippen LogP) is 2.75. The number of urea groups is 1. The zero-order chi connectivity index (χ0) is 14.2. The number of amides is 3. The van der Waals surface area contributed by atoms with E-state index in [0.717, 1.165) is 37.7 Å². The van der Waals surface area contributed by atoms with E-state index < -0.39 is 5.54 Å². The maximum absolute atomic E-state index is 12.3. The number of rotatable bonds is 2. The lowest BCUT2D eigenvalue weighted by molar-refractivity contribution is -0.128.